The van der Waals surface area contributed by atoms with Crippen molar-refractivity contribution in [1.29, 1.82) is 0 Å². The summed E-state index contributed by atoms with van der Waals surface area (Å²) in [6, 6.07) is 0. The normalized spacial score (nSPS) is 32.8. The van der Waals surface area contributed by atoms with Crippen LogP contribution in [0.2, 0.25) is 0 Å². The molecule has 2 aliphatic heterocycles. The molecule has 2 unspecified atom stereocenters. The zero-order chi connectivity index (χ0) is 15.0. The molecule has 0 radical (unpaired) electrons. The fraction of sp³-hybridized carbons (Fsp3) is 0.786. The molecule has 2 saturated heterocycles. The van der Waals surface area contributed by atoms with Crippen molar-refractivity contribution in [2.24, 2.45) is 0 Å². The molecular formula is C14H22O6. The van der Waals surface area contributed by atoms with E-state index in [1.807, 2.05) is 27.7 Å². The Balaban J connectivity index is 2.09. The van der Waals surface area contributed by atoms with Crippen LogP contribution in [0.25, 0.3) is 0 Å². The molecule has 0 aromatic rings. The molecule has 2 atom stereocenters. The molecule has 0 N–H and O–H groups in total. The predicted molar refractivity (Wildman–Crippen MR) is 69.9 cm³/mol. The molecule has 6 heteroatoms. The molecule has 2 rings (SSSR count). The first-order chi connectivity index (χ1) is 9.22. The summed E-state index contributed by atoms with van der Waals surface area (Å²) < 4.78 is 28.0. The summed E-state index contributed by atoms with van der Waals surface area (Å²) in [4.78, 5) is 11.5. The van der Waals surface area contributed by atoms with Gasteiger partial charge in [0, 0.05) is 6.08 Å². The van der Waals surface area contributed by atoms with Gasteiger partial charge in [-0.15, -0.1) is 0 Å². The lowest BCUT2D eigenvalue weighted by atomic mass is 10.1. The predicted octanol–water partition coefficient (Wildman–Crippen LogP) is 1.39. The minimum Gasteiger partial charge on any atom is -0.453 e. The van der Waals surface area contributed by atoms with E-state index in [9.17, 15) is 4.79 Å². The first-order valence-electron chi connectivity index (χ1n) is 6.69. The second-order valence-electron chi connectivity index (χ2n) is 5.84. The second-order valence-corrected chi connectivity index (χ2v) is 5.84. The lowest BCUT2D eigenvalue weighted by molar-refractivity contribution is -0.192. The van der Waals surface area contributed by atoms with Gasteiger partial charge in [-0.2, -0.15) is 0 Å². The van der Waals surface area contributed by atoms with Gasteiger partial charge in [-0.1, -0.05) is 6.58 Å². The molecule has 2 fully saturated rings. The van der Waals surface area contributed by atoms with Crippen molar-refractivity contribution in [2.45, 2.75) is 57.6 Å². The van der Waals surface area contributed by atoms with Gasteiger partial charge in [0.25, 0.3) is 0 Å². The maximum Gasteiger partial charge on any atom is 0.330 e. The number of esters is 1. The molecule has 2 heterocycles. The van der Waals surface area contributed by atoms with Gasteiger partial charge in [-0.25, -0.2) is 4.79 Å². The van der Waals surface area contributed by atoms with Crippen LogP contribution in [0, 0.1) is 0 Å². The summed E-state index contributed by atoms with van der Waals surface area (Å²) in [6.07, 6.45) is -0.258. The maximum atomic E-state index is 11.5. The van der Waals surface area contributed by atoms with Gasteiger partial charge in [0.2, 0.25) is 0 Å². The van der Waals surface area contributed by atoms with Crippen molar-refractivity contribution in [3.63, 3.8) is 0 Å². The van der Waals surface area contributed by atoms with Gasteiger partial charge in [0.05, 0.1) is 13.2 Å². The highest BCUT2D eigenvalue weighted by Crippen LogP contribution is 2.32. The molecule has 0 aromatic heterocycles. The minimum atomic E-state index is -0.696. The number of carbonyl (C=O) groups is 1. The zero-order valence-corrected chi connectivity index (χ0v) is 12.4. The van der Waals surface area contributed by atoms with Crippen LogP contribution >= 0.6 is 0 Å². The molecule has 2 aliphatic rings. The molecule has 0 spiro atoms. The third-order valence-corrected chi connectivity index (χ3v) is 3.21. The van der Waals surface area contributed by atoms with E-state index in [0.29, 0.717) is 13.2 Å². The number of hydrogen-bond donors (Lipinski definition) is 0. The first kappa shape index (κ1) is 15.4. The highest BCUT2D eigenvalue weighted by molar-refractivity contribution is 5.81. The van der Waals surface area contributed by atoms with E-state index in [0.717, 1.165) is 6.08 Å². The fourth-order valence-electron chi connectivity index (χ4n) is 2.33. The molecule has 0 aliphatic carbocycles. The summed E-state index contributed by atoms with van der Waals surface area (Å²) in [5.74, 6) is -1.91. The molecule has 0 saturated carbocycles. The van der Waals surface area contributed by atoms with Crippen LogP contribution in [0.15, 0.2) is 12.7 Å². The van der Waals surface area contributed by atoms with Gasteiger partial charge < -0.3 is 23.7 Å². The van der Waals surface area contributed by atoms with Crippen LogP contribution in [0.4, 0.5) is 0 Å². The highest BCUT2D eigenvalue weighted by Gasteiger charge is 2.47. The van der Waals surface area contributed by atoms with Gasteiger partial charge in [0.1, 0.15) is 12.2 Å². The van der Waals surface area contributed by atoms with Gasteiger partial charge in [-0.3, -0.25) is 0 Å². The fourth-order valence-corrected chi connectivity index (χ4v) is 2.33. The number of rotatable bonds is 4. The Kier molecular flexibility index (Phi) is 4.20. The minimum absolute atomic E-state index is 0.336. The SMILES string of the molecule is C=CC(=O)OC(C1COC(C)(C)O1)C1COC(C)(C)O1. The lowest BCUT2D eigenvalue weighted by Gasteiger charge is -2.28. The van der Waals surface area contributed by atoms with Crippen molar-refractivity contribution in [3.8, 4) is 0 Å². The van der Waals surface area contributed by atoms with Crippen LogP contribution in [-0.2, 0) is 28.5 Å². The topological polar surface area (TPSA) is 63.2 Å². The third kappa shape index (κ3) is 3.58. The Hall–Kier alpha value is -0.950. The van der Waals surface area contributed by atoms with Crippen molar-refractivity contribution in [1.82, 2.24) is 0 Å². The van der Waals surface area contributed by atoms with Crippen LogP contribution in [-0.4, -0.2) is 49.1 Å². The van der Waals surface area contributed by atoms with E-state index < -0.39 is 35.9 Å². The number of ether oxygens (including phenoxy) is 5. The van der Waals surface area contributed by atoms with E-state index in [-0.39, 0.29) is 0 Å². The van der Waals surface area contributed by atoms with Crippen LogP contribution in [0.5, 0.6) is 0 Å². The van der Waals surface area contributed by atoms with Crippen molar-refractivity contribution < 1.29 is 28.5 Å². The Morgan fingerprint density at radius 1 is 1.15 bits per heavy atom. The smallest absolute Gasteiger partial charge is 0.330 e. The quantitative estimate of drug-likeness (QED) is 0.575. The monoisotopic (exact) mass is 286 g/mol. The largest absolute Gasteiger partial charge is 0.453 e. The molecule has 0 aromatic carbocycles. The lowest BCUT2D eigenvalue weighted by Crippen LogP contribution is -2.44. The van der Waals surface area contributed by atoms with Crippen molar-refractivity contribution in [2.75, 3.05) is 13.2 Å². The second kappa shape index (κ2) is 5.44. The molecule has 6 nitrogen and oxygen atoms in total. The van der Waals surface area contributed by atoms with Crippen LogP contribution in [0.3, 0.4) is 0 Å². The molecule has 0 bridgehead atoms. The van der Waals surface area contributed by atoms with Gasteiger partial charge in [-0.05, 0) is 27.7 Å². The standard InChI is InChI=1S/C14H22O6/c1-6-11(15)18-12(9-7-16-13(2,3)19-9)10-8-17-14(4,5)20-10/h6,9-10,12H,1,7-8H2,2-5H3. The maximum absolute atomic E-state index is 11.5. The number of carbonyl (C=O) groups excluding carboxylic acids is 1. The van der Waals surface area contributed by atoms with E-state index in [4.69, 9.17) is 23.7 Å². The summed E-state index contributed by atoms with van der Waals surface area (Å²) >= 11 is 0. The van der Waals surface area contributed by atoms with Crippen molar-refractivity contribution in [3.05, 3.63) is 12.7 Å². The molecule has 20 heavy (non-hydrogen) atoms. The molecule has 114 valence electrons. The zero-order valence-electron chi connectivity index (χ0n) is 12.4. The molecule has 0 amide bonds. The average molecular weight is 286 g/mol. The number of hydrogen-bond acceptors (Lipinski definition) is 6. The van der Waals surface area contributed by atoms with Crippen LogP contribution in [0.1, 0.15) is 27.7 Å². The Morgan fingerprint density at radius 2 is 1.60 bits per heavy atom. The average Bonchev–Trinajstić information content (AvgIpc) is 2.88. The van der Waals surface area contributed by atoms with E-state index in [1.54, 1.807) is 0 Å². The first-order valence-corrected chi connectivity index (χ1v) is 6.69. The van der Waals surface area contributed by atoms with E-state index in [2.05, 4.69) is 6.58 Å². The van der Waals surface area contributed by atoms with E-state index in [1.165, 1.54) is 0 Å². The Morgan fingerprint density at radius 3 is 1.90 bits per heavy atom. The summed E-state index contributed by atoms with van der Waals surface area (Å²) in [5, 5.41) is 0. The van der Waals surface area contributed by atoms with Crippen LogP contribution < -0.4 is 0 Å². The summed E-state index contributed by atoms with van der Waals surface area (Å²) in [6.45, 7) is 11.3. The van der Waals surface area contributed by atoms with Gasteiger partial charge in [0.15, 0.2) is 17.7 Å². The summed E-state index contributed by atoms with van der Waals surface area (Å²) in [5.41, 5.74) is 0. The van der Waals surface area contributed by atoms with E-state index >= 15 is 0 Å². The Labute approximate surface area is 119 Å². The van der Waals surface area contributed by atoms with Gasteiger partial charge >= 0.3 is 5.97 Å². The molecular weight excluding hydrogens is 264 g/mol. The highest BCUT2D eigenvalue weighted by atomic mass is 16.8. The summed E-state index contributed by atoms with van der Waals surface area (Å²) in [7, 11) is 0. The third-order valence-electron chi connectivity index (χ3n) is 3.21. The Bertz CT molecular complexity index is 363. The van der Waals surface area contributed by atoms with Crippen molar-refractivity contribution >= 4 is 5.97 Å².